The van der Waals surface area contributed by atoms with E-state index in [1.54, 1.807) is 31.2 Å². The summed E-state index contributed by atoms with van der Waals surface area (Å²) in [7, 11) is 0. The van der Waals surface area contributed by atoms with Crippen molar-refractivity contribution in [2.75, 3.05) is 0 Å². The van der Waals surface area contributed by atoms with Gasteiger partial charge in [-0.15, -0.1) is 0 Å². The second-order valence-corrected chi connectivity index (χ2v) is 9.49. The molecule has 0 bridgehead atoms. The predicted molar refractivity (Wildman–Crippen MR) is 144 cm³/mol. The number of hydrogen-bond acceptors (Lipinski definition) is 4. The Morgan fingerprint density at radius 2 is 1.39 bits per heavy atom. The zero-order valence-electron chi connectivity index (χ0n) is 21.5. The fourth-order valence-corrected chi connectivity index (χ4v) is 4.84. The van der Waals surface area contributed by atoms with Crippen molar-refractivity contribution in [2.45, 2.75) is 59.9 Å². The number of ketones is 2. The number of hydrogen-bond donors (Lipinski definition) is 0. The van der Waals surface area contributed by atoms with Gasteiger partial charge in [0.15, 0.2) is 11.6 Å². The SMILES string of the molecule is CCCCC(CC)Cn1c2ccc(C(C)=O)cc2c2cc(C(=O)c3ccc(OC(C)=O)cc3)ccc21. The zero-order chi connectivity index (χ0) is 25.8. The zero-order valence-corrected chi connectivity index (χ0v) is 21.5. The Balaban J connectivity index is 1.79. The van der Waals surface area contributed by atoms with E-state index < -0.39 is 5.97 Å². The molecule has 0 aliphatic heterocycles. The van der Waals surface area contributed by atoms with Gasteiger partial charge in [0.05, 0.1) is 0 Å². The average molecular weight is 484 g/mol. The van der Waals surface area contributed by atoms with Crippen LogP contribution in [0, 0.1) is 5.92 Å². The van der Waals surface area contributed by atoms with E-state index in [0.29, 0.717) is 28.4 Å². The molecule has 4 rings (SSSR count). The van der Waals surface area contributed by atoms with Gasteiger partial charge in [0.2, 0.25) is 0 Å². The standard InChI is InChI=1S/C31H33NO4/c1-5-7-8-22(6-2)19-32-29-15-11-24(20(3)33)17-27(29)28-18-25(12-16-30(28)32)31(35)23-9-13-26(14-10-23)36-21(4)34/h9-18,22H,5-8,19H2,1-4H3. The van der Waals surface area contributed by atoms with Gasteiger partial charge in [0, 0.05) is 52.0 Å². The smallest absolute Gasteiger partial charge is 0.308 e. The van der Waals surface area contributed by atoms with Crippen molar-refractivity contribution >= 4 is 39.3 Å². The molecule has 36 heavy (non-hydrogen) atoms. The Labute approximate surface area is 212 Å². The minimum Gasteiger partial charge on any atom is -0.427 e. The molecule has 1 aromatic heterocycles. The van der Waals surface area contributed by atoms with Crippen molar-refractivity contribution in [1.82, 2.24) is 4.57 Å². The van der Waals surface area contributed by atoms with Crippen LogP contribution in [-0.4, -0.2) is 22.1 Å². The fourth-order valence-electron chi connectivity index (χ4n) is 4.84. The summed E-state index contributed by atoms with van der Waals surface area (Å²) in [6.45, 7) is 8.28. The highest BCUT2D eigenvalue weighted by Gasteiger charge is 2.18. The van der Waals surface area contributed by atoms with Gasteiger partial charge in [-0.05, 0) is 79.9 Å². The number of unbranched alkanes of at least 4 members (excludes halogenated alkanes) is 1. The van der Waals surface area contributed by atoms with Crippen LogP contribution in [0.25, 0.3) is 21.8 Å². The number of carbonyl (C=O) groups excluding carboxylic acids is 3. The number of ether oxygens (including phenoxy) is 1. The van der Waals surface area contributed by atoms with Gasteiger partial charge in [-0.2, -0.15) is 0 Å². The third kappa shape index (κ3) is 5.25. The van der Waals surface area contributed by atoms with Crippen molar-refractivity contribution in [3.05, 3.63) is 77.4 Å². The summed E-state index contributed by atoms with van der Waals surface area (Å²) in [5.41, 5.74) is 3.91. The number of fused-ring (bicyclic) bond motifs is 3. The molecule has 0 aliphatic rings. The number of nitrogens with zero attached hydrogens (tertiary/aromatic N) is 1. The Hall–Kier alpha value is -3.73. The Kier molecular flexibility index (Phi) is 7.68. The van der Waals surface area contributed by atoms with E-state index in [4.69, 9.17) is 4.74 Å². The van der Waals surface area contributed by atoms with Crippen LogP contribution in [0.4, 0.5) is 0 Å². The highest BCUT2D eigenvalue weighted by atomic mass is 16.5. The summed E-state index contributed by atoms with van der Waals surface area (Å²) < 4.78 is 7.43. The Morgan fingerprint density at radius 3 is 1.94 bits per heavy atom. The lowest BCUT2D eigenvalue weighted by Crippen LogP contribution is -2.10. The van der Waals surface area contributed by atoms with Crippen LogP contribution in [0.3, 0.4) is 0 Å². The Morgan fingerprint density at radius 1 is 0.806 bits per heavy atom. The number of benzene rings is 3. The van der Waals surface area contributed by atoms with E-state index in [-0.39, 0.29) is 11.6 Å². The largest absolute Gasteiger partial charge is 0.427 e. The maximum absolute atomic E-state index is 13.3. The lowest BCUT2D eigenvalue weighted by molar-refractivity contribution is -0.131. The monoisotopic (exact) mass is 483 g/mol. The molecule has 0 fully saturated rings. The van der Waals surface area contributed by atoms with E-state index in [9.17, 15) is 14.4 Å². The average Bonchev–Trinajstić information content (AvgIpc) is 3.18. The van der Waals surface area contributed by atoms with Crippen LogP contribution in [-0.2, 0) is 11.3 Å². The molecule has 0 aliphatic carbocycles. The van der Waals surface area contributed by atoms with Crippen LogP contribution < -0.4 is 4.74 Å². The molecule has 0 amide bonds. The molecule has 4 aromatic rings. The van der Waals surface area contributed by atoms with E-state index in [1.807, 2.05) is 36.4 Å². The van der Waals surface area contributed by atoms with E-state index >= 15 is 0 Å². The van der Waals surface area contributed by atoms with Crippen LogP contribution in [0.15, 0.2) is 60.7 Å². The van der Waals surface area contributed by atoms with Crippen molar-refractivity contribution < 1.29 is 19.1 Å². The molecule has 0 saturated carbocycles. The molecule has 1 heterocycles. The molecular weight excluding hydrogens is 450 g/mol. The van der Waals surface area contributed by atoms with Crippen molar-refractivity contribution in [3.8, 4) is 5.75 Å². The van der Waals surface area contributed by atoms with Gasteiger partial charge >= 0.3 is 5.97 Å². The highest BCUT2D eigenvalue weighted by Crippen LogP contribution is 2.33. The first-order chi connectivity index (χ1) is 17.3. The van der Waals surface area contributed by atoms with Gasteiger partial charge in [-0.1, -0.05) is 33.1 Å². The first-order valence-electron chi connectivity index (χ1n) is 12.7. The summed E-state index contributed by atoms with van der Waals surface area (Å²) in [5, 5.41) is 1.96. The van der Waals surface area contributed by atoms with Crippen molar-refractivity contribution in [2.24, 2.45) is 5.92 Å². The third-order valence-electron chi connectivity index (χ3n) is 6.90. The first kappa shape index (κ1) is 25.4. The minimum atomic E-state index is -0.402. The second-order valence-electron chi connectivity index (χ2n) is 9.49. The maximum atomic E-state index is 13.3. The van der Waals surface area contributed by atoms with Gasteiger partial charge in [-0.25, -0.2) is 0 Å². The van der Waals surface area contributed by atoms with Gasteiger partial charge < -0.3 is 9.30 Å². The highest BCUT2D eigenvalue weighted by molar-refractivity contribution is 6.15. The molecule has 1 unspecified atom stereocenters. The van der Waals surface area contributed by atoms with Crippen LogP contribution in [0.2, 0.25) is 0 Å². The molecule has 0 spiro atoms. The normalized spacial score (nSPS) is 12.1. The van der Waals surface area contributed by atoms with Crippen LogP contribution in [0.1, 0.15) is 79.7 Å². The number of rotatable bonds is 10. The quantitative estimate of drug-likeness (QED) is 0.134. The van der Waals surface area contributed by atoms with E-state index in [1.165, 1.54) is 26.2 Å². The van der Waals surface area contributed by atoms with Gasteiger partial charge in [0.1, 0.15) is 5.75 Å². The maximum Gasteiger partial charge on any atom is 0.308 e. The van der Waals surface area contributed by atoms with E-state index in [2.05, 4.69) is 18.4 Å². The Bertz CT molecular complexity index is 1430. The van der Waals surface area contributed by atoms with Gasteiger partial charge in [-0.3, -0.25) is 14.4 Å². The lowest BCUT2D eigenvalue weighted by Gasteiger charge is -2.17. The molecule has 1 atom stereocenters. The third-order valence-corrected chi connectivity index (χ3v) is 6.90. The minimum absolute atomic E-state index is 0.0206. The fraction of sp³-hybridized carbons (Fsp3) is 0.323. The predicted octanol–water partition coefficient (Wildman–Crippen LogP) is 7.37. The van der Waals surface area contributed by atoms with E-state index in [0.717, 1.165) is 34.8 Å². The molecule has 186 valence electrons. The van der Waals surface area contributed by atoms with Crippen molar-refractivity contribution in [3.63, 3.8) is 0 Å². The summed E-state index contributed by atoms with van der Waals surface area (Å²) in [6, 6.07) is 18.3. The first-order valence-corrected chi connectivity index (χ1v) is 12.7. The summed E-state index contributed by atoms with van der Waals surface area (Å²) >= 11 is 0. The second kappa shape index (κ2) is 10.9. The summed E-state index contributed by atoms with van der Waals surface area (Å²) in [6.07, 6.45) is 4.67. The van der Waals surface area contributed by atoms with Crippen molar-refractivity contribution in [1.29, 1.82) is 0 Å². The van der Waals surface area contributed by atoms with Gasteiger partial charge in [0.25, 0.3) is 0 Å². The molecule has 0 saturated heterocycles. The van der Waals surface area contributed by atoms with Crippen LogP contribution >= 0.6 is 0 Å². The molecule has 3 aromatic carbocycles. The molecule has 0 N–H and O–H groups in total. The molecule has 5 nitrogen and oxygen atoms in total. The number of aromatic nitrogens is 1. The summed E-state index contributed by atoms with van der Waals surface area (Å²) in [5.74, 6) is 0.480. The molecule has 0 radical (unpaired) electrons. The van der Waals surface area contributed by atoms with Crippen LogP contribution in [0.5, 0.6) is 5.75 Å². The summed E-state index contributed by atoms with van der Waals surface area (Å²) in [4.78, 5) is 36.6. The molecule has 5 heteroatoms. The lowest BCUT2D eigenvalue weighted by atomic mass is 9.99. The number of esters is 1. The topological polar surface area (TPSA) is 65.4 Å². The molecular formula is C31H33NO4. The number of Topliss-reactive ketones (excluding diaryl/α,β-unsaturated/α-hetero) is 1. The number of carbonyl (C=O) groups is 3.